The van der Waals surface area contributed by atoms with Crippen molar-refractivity contribution in [1.29, 1.82) is 0 Å². The molecule has 7 heteroatoms. The van der Waals surface area contributed by atoms with Gasteiger partial charge in [0, 0.05) is 6.54 Å². The molecule has 0 aliphatic carbocycles. The van der Waals surface area contributed by atoms with E-state index in [4.69, 9.17) is 21.1 Å². The summed E-state index contributed by atoms with van der Waals surface area (Å²) in [7, 11) is 1.45. The molecule has 0 radical (unpaired) electrons. The molecule has 1 fully saturated rings. The number of rotatable bonds is 9. The third kappa shape index (κ3) is 5.22. The van der Waals surface area contributed by atoms with Crippen molar-refractivity contribution < 1.29 is 24.2 Å². The Morgan fingerprint density at radius 1 is 1.15 bits per heavy atom. The van der Waals surface area contributed by atoms with Gasteiger partial charge in [0.05, 0.1) is 35.4 Å². The van der Waals surface area contributed by atoms with E-state index < -0.39 is 17.7 Å². The molecule has 1 N–H and O–H groups in total. The highest BCUT2D eigenvalue weighted by molar-refractivity contribution is 6.46. The van der Waals surface area contributed by atoms with Crippen molar-refractivity contribution in [2.75, 3.05) is 13.7 Å². The molecule has 1 unspecified atom stereocenters. The number of methoxy groups -OCH3 is 1. The van der Waals surface area contributed by atoms with E-state index >= 15 is 0 Å². The maximum Gasteiger partial charge on any atom is 0.295 e. The van der Waals surface area contributed by atoms with Crippen LogP contribution < -0.4 is 9.47 Å². The maximum atomic E-state index is 13.2. The quantitative estimate of drug-likeness (QED) is 0.202. The van der Waals surface area contributed by atoms with Crippen LogP contribution in [0.4, 0.5) is 0 Å². The fourth-order valence-electron chi connectivity index (χ4n) is 4.25. The molecule has 0 aromatic heterocycles. The van der Waals surface area contributed by atoms with Crippen molar-refractivity contribution in [2.45, 2.75) is 59.1 Å². The van der Waals surface area contributed by atoms with Gasteiger partial charge in [0.2, 0.25) is 0 Å². The molecule has 3 rings (SSSR count). The highest BCUT2D eigenvalue weighted by Crippen LogP contribution is 2.43. The molecule has 182 valence electrons. The van der Waals surface area contributed by atoms with E-state index in [-0.39, 0.29) is 28.7 Å². The molecule has 0 saturated carbocycles. The van der Waals surface area contributed by atoms with E-state index in [9.17, 15) is 14.7 Å². The summed E-state index contributed by atoms with van der Waals surface area (Å²) in [6.07, 6.45) is 2.69. The number of amides is 1. The first-order chi connectivity index (χ1) is 16.2. The van der Waals surface area contributed by atoms with E-state index in [1.807, 2.05) is 45.0 Å². The second-order valence-corrected chi connectivity index (χ2v) is 9.17. The van der Waals surface area contributed by atoms with Crippen molar-refractivity contribution in [3.63, 3.8) is 0 Å². The minimum Gasteiger partial charge on any atom is -0.507 e. The average Bonchev–Trinajstić information content (AvgIpc) is 3.03. The Morgan fingerprint density at radius 3 is 2.41 bits per heavy atom. The van der Waals surface area contributed by atoms with Gasteiger partial charge in [-0.3, -0.25) is 9.59 Å². The van der Waals surface area contributed by atoms with Crippen LogP contribution in [0.15, 0.2) is 42.0 Å². The Balaban J connectivity index is 2.17. The lowest BCUT2D eigenvalue weighted by Crippen LogP contribution is -2.30. The number of Topliss-reactive ketones (excluding diaryl/α,β-unsaturated/α-hetero) is 1. The first kappa shape index (κ1) is 25.6. The summed E-state index contributed by atoms with van der Waals surface area (Å²) >= 11 is 6.34. The Hall–Kier alpha value is -2.99. The van der Waals surface area contributed by atoms with Crippen LogP contribution in [0.3, 0.4) is 0 Å². The van der Waals surface area contributed by atoms with E-state index in [0.29, 0.717) is 22.9 Å². The van der Waals surface area contributed by atoms with Crippen LogP contribution in [-0.4, -0.2) is 41.5 Å². The molecular weight excluding hydrogens is 454 g/mol. The SMILES string of the molecule is CCCCCN1C(=O)C(=O)/C(=C(/O)c2cc(C)cc(Cl)c2OC)C1c1ccc(OC(C)C)cc1. The zero-order chi connectivity index (χ0) is 25.0. The fourth-order valence-corrected chi connectivity index (χ4v) is 4.60. The van der Waals surface area contributed by atoms with E-state index in [1.165, 1.54) is 7.11 Å². The highest BCUT2D eigenvalue weighted by Gasteiger charge is 2.46. The summed E-state index contributed by atoms with van der Waals surface area (Å²) in [5, 5.41) is 11.7. The molecule has 0 spiro atoms. The summed E-state index contributed by atoms with van der Waals surface area (Å²) in [5.41, 5.74) is 1.81. The number of unbranched alkanes of at least 4 members (excludes halogenated alkanes) is 2. The van der Waals surface area contributed by atoms with Crippen molar-refractivity contribution in [2.24, 2.45) is 0 Å². The van der Waals surface area contributed by atoms with Gasteiger partial charge < -0.3 is 19.5 Å². The lowest BCUT2D eigenvalue weighted by Gasteiger charge is -2.26. The predicted octanol–water partition coefficient (Wildman–Crippen LogP) is 6.06. The number of carbonyl (C=O) groups excluding carboxylic acids is 2. The van der Waals surface area contributed by atoms with Crippen molar-refractivity contribution in [3.8, 4) is 11.5 Å². The standard InChI is InChI=1S/C27H32ClNO5/c1-6-7-8-13-29-23(18-9-11-19(12-10-18)34-16(2)3)22(25(31)27(29)32)24(30)20-14-17(4)15-21(28)26(20)33-5/h9-12,14-16,23,30H,6-8,13H2,1-5H3/b24-22+. The monoisotopic (exact) mass is 485 g/mol. The number of aryl methyl sites for hydroxylation is 1. The molecule has 1 atom stereocenters. The number of carbonyl (C=O) groups is 2. The van der Waals surface area contributed by atoms with Crippen LogP contribution >= 0.6 is 11.6 Å². The van der Waals surface area contributed by atoms with Crippen molar-refractivity contribution >= 4 is 29.1 Å². The van der Waals surface area contributed by atoms with Gasteiger partial charge in [-0.15, -0.1) is 0 Å². The third-order valence-corrected chi connectivity index (χ3v) is 6.04. The molecule has 1 amide bonds. The zero-order valence-corrected chi connectivity index (χ0v) is 21.1. The van der Waals surface area contributed by atoms with Crippen LogP contribution in [0.5, 0.6) is 11.5 Å². The Kier molecular flexibility index (Phi) is 8.26. The lowest BCUT2D eigenvalue weighted by atomic mass is 9.94. The van der Waals surface area contributed by atoms with Crippen LogP contribution in [0.1, 0.15) is 62.8 Å². The molecule has 6 nitrogen and oxygen atoms in total. The summed E-state index contributed by atoms with van der Waals surface area (Å²) in [4.78, 5) is 27.8. The first-order valence-corrected chi connectivity index (χ1v) is 12.0. The fraction of sp³-hybridized carbons (Fsp3) is 0.407. The van der Waals surface area contributed by atoms with Crippen LogP contribution in [0, 0.1) is 6.92 Å². The normalized spacial score (nSPS) is 17.5. The number of hydrogen-bond donors (Lipinski definition) is 1. The van der Waals surface area contributed by atoms with Gasteiger partial charge in [0.15, 0.2) is 0 Å². The number of likely N-dealkylation sites (tertiary alicyclic amines) is 1. The lowest BCUT2D eigenvalue weighted by molar-refractivity contribution is -0.139. The summed E-state index contributed by atoms with van der Waals surface area (Å²) in [5.74, 6) is -0.703. The van der Waals surface area contributed by atoms with Gasteiger partial charge >= 0.3 is 0 Å². The largest absolute Gasteiger partial charge is 0.507 e. The van der Waals surface area contributed by atoms with E-state index in [1.54, 1.807) is 17.0 Å². The number of aliphatic hydroxyl groups excluding tert-OH is 1. The molecule has 1 aliphatic rings. The number of halogens is 1. The molecular formula is C27H32ClNO5. The summed E-state index contributed by atoms with van der Waals surface area (Å²) in [6.45, 7) is 8.20. The summed E-state index contributed by atoms with van der Waals surface area (Å²) in [6, 6.07) is 9.96. The molecule has 0 bridgehead atoms. The predicted molar refractivity (Wildman–Crippen MR) is 133 cm³/mol. The van der Waals surface area contributed by atoms with Gasteiger partial charge in [0.25, 0.3) is 11.7 Å². The van der Waals surface area contributed by atoms with E-state index in [2.05, 4.69) is 6.92 Å². The number of nitrogens with zero attached hydrogens (tertiary/aromatic N) is 1. The Labute approximate surface area is 206 Å². The minimum atomic E-state index is -0.728. The number of aliphatic hydroxyl groups is 1. The van der Waals surface area contributed by atoms with Crippen molar-refractivity contribution in [3.05, 3.63) is 63.7 Å². The molecule has 1 heterocycles. The molecule has 2 aromatic rings. The second kappa shape index (κ2) is 11.0. The van der Waals surface area contributed by atoms with Crippen LogP contribution in [0.2, 0.25) is 5.02 Å². The second-order valence-electron chi connectivity index (χ2n) is 8.76. The average molecular weight is 486 g/mol. The van der Waals surface area contributed by atoms with Gasteiger partial charge in [-0.1, -0.05) is 43.5 Å². The molecule has 2 aromatic carbocycles. The third-order valence-electron chi connectivity index (χ3n) is 5.76. The maximum absolute atomic E-state index is 13.2. The number of ketones is 1. The Morgan fingerprint density at radius 2 is 1.82 bits per heavy atom. The topological polar surface area (TPSA) is 76.1 Å². The summed E-state index contributed by atoms with van der Waals surface area (Å²) < 4.78 is 11.2. The smallest absolute Gasteiger partial charge is 0.295 e. The van der Waals surface area contributed by atoms with Gasteiger partial charge in [-0.2, -0.15) is 0 Å². The van der Waals surface area contributed by atoms with Gasteiger partial charge in [-0.05, 0) is 62.6 Å². The van der Waals surface area contributed by atoms with Gasteiger partial charge in [-0.25, -0.2) is 0 Å². The minimum absolute atomic E-state index is 0.0177. The van der Waals surface area contributed by atoms with Gasteiger partial charge in [0.1, 0.15) is 17.3 Å². The number of benzene rings is 2. The zero-order valence-electron chi connectivity index (χ0n) is 20.4. The molecule has 34 heavy (non-hydrogen) atoms. The number of hydrogen-bond acceptors (Lipinski definition) is 5. The van der Waals surface area contributed by atoms with Crippen LogP contribution in [-0.2, 0) is 9.59 Å². The first-order valence-electron chi connectivity index (χ1n) is 11.6. The van der Waals surface area contributed by atoms with E-state index in [0.717, 1.165) is 24.8 Å². The molecule has 1 aliphatic heterocycles. The van der Waals surface area contributed by atoms with Crippen LogP contribution in [0.25, 0.3) is 5.76 Å². The van der Waals surface area contributed by atoms with Crippen molar-refractivity contribution in [1.82, 2.24) is 4.90 Å². The molecule has 1 saturated heterocycles. The highest BCUT2D eigenvalue weighted by atomic mass is 35.5. The number of ether oxygens (including phenoxy) is 2. The Bertz CT molecular complexity index is 1090.